The van der Waals surface area contributed by atoms with Crippen LogP contribution in [0.5, 0.6) is 0 Å². The van der Waals surface area contributed by atoms with Crippen LogP contribution in [-0.4, -0.2) is 23.2 Å². The third-order valence-corrected chi connectivity index (χ3v) is 6.44. The predicted molar refractivity (Wildman–Crippen MR) is 111 cm³/mol. The molecule has 6 nitrogen and oxygen atoms in total. The summed E-state index contributed by atoms with van der Waals surface area (Å²) in [6, 6.07) is 19.1. The van der Waals surface area contributed by atoms with Crippen molar-refractivity contribution in [2.24, 2.45) is 0 Å². The van der Waals surface area contributed by atoms with E-state index in [2.05, 4.69) is 14.8 Å². The minimum absolute atomic E-state index is 0.127. The van der Waals surface area contributed by atoms with E-state index in [1.165, 1.54) is 11.3 Å². The Labute approximate surface area is 167 Å². The fourth-order valence-electron chi connectivity index (χ4n) is 2.82. The molecule has 0 saturated carbocycles. The highest BCUT2D eigenvalue weighted by Gasteiger charge is 2.25. The molecular weight excluding hydrogens is 392 g/mol. The van der Waals surface area contributed by atoms with Gasteiger partial charge in [0.25, 0.3) is 10.0 Å². The summed E-state index contributed by atoms with van der Waals surface area (Å²) in [5, 5.41) is 6.71. The van der Waals surface area contributed by atoms with Gasteiger partial charge in [-0.05, 0) is 12.5 Å². The average molecular weight is 411 g/mol. The van der Waals surface area contributed by atoms with Crippen LogP contribution >= 0.6 is 11.3 Å². The molecule has 0 radical (unpaired) electrons. The maximum atomic E-state index is 13.1. The van der Waals surface area contributed by atoms with E-state index in [9.17, 15) is 8.42 Å². The first-order valence-electron chi connectivity index (χ1n) is 8.63. The Morgan fingerprint density at radius 3 is 2.36 bits per heavy atom. The van der Waals surface area contributed by atoms with Crippen molar-refractivity contribution in [1.29, 1.82) is 0 Å². The highest BCUT2D eigenvalue weighted by molar-refractivity contribution is 7.93. The number of aryl methyl sites for hydroxylation is 1. The molecule has 0 aliphatic carbocycles. The molecule has 142 valence electrons. The second kappa shape index (κ2) is 7.57. The Bertz CT molecular complexity index is 1180. The third-order valence-electron chi connectivity index (χ3n) is 4.09. The van der Waals surface area contributed by atoms with E-state index in [-0.39, 0.29) is 4.90 Å². The SMILES string of the molecule is Cc1csc(NS(=O)(=O)c2cn(Cc3ccccc3)nc2-c2ccccc2)n1. The molecule has 8 heteroatoms. The molecule has 0 fully saturated rings. The van der Waals surface area contributed by atoms with Gasteiger partial charge in [-0.2, -0.15) is 5.10 Å². The predicted octanol–water partition coefficient (Wildman–Crippen LogP) is 4.16. The summed E-state index contributed by atoms with van der Waals surface area (Å²) in [5.41, 5.74) is 2.96. The Morgan fingerprint density at radius 2 is 1.71 bits per heavy atom. The number of rotatable bonds is 6. The first-order chi connectivity index (χ1) is 13.5. The van der Waals surface area contributed by atoms with E-state index in [1.807, 2.05) is 67.6 Å². The molecule has 0 saturated heterocycles. The monoisotopic (exact) mass is 410 g/mol. The van der Waals surface area contributed by atoms with Gasteiger partial charge in [0.1, 0.15) is 10.6 Å². The summed E-state index contributed by atoms with van der Waals surface area (Å²) >= 11 is 1.25. The van der Waals surface area contributed by atoms with Gasteiger partial charge in [-0.3, -0.25) is 9.40 Å². The maximum Gasteiger partial charge on any atom is 0.267 e. The van der Waals surface area contributed by atoms with E-state index >= 15 is 0 Å². The molecule has 0 bridgehead atoms. The number of hydrogen-bond acceptors (Lipinski definition) is 5. The second-order valence-electron chi connectivity index (χ2n) is 6.29. The van der Waals surface area contributed by atoms with E-state index in [0.717, 1.165) is 16.8 Å². The van der Waals surface area contributed by atoms with Crippen molar-refractivity contribution in [3.05, 3.63) is 83.5 Å². The quantitative estimate of drug-likeness (QED) is 0.518. The van der Waals surface area contributed by atoms with Crippen molar-refractivity contribution in [1.82, 2.24) is 14.8 Å². The lowest BCUT2D eigenvalue weighted by Gasteiger charge is -2.05. The molecule has 2 heterocycles. The van der Waals surface area contributed by atoms with E-state index in [4.69, 9.17) is 0 Å². The van der Waals surface area contributed by atoms with Gasteiger partial charge in [-0.25, -0.2) is 13.4 Å². The standard InChI is InChI=1S/C20H18N4O2S2/c1-15-14-27-20(21-15)23-28(25,26)18-13-24(12-16-8-4-2-5-9-16)22-19(18)17-10-6-3-7-11-17/h2-11,13-14H,12H2,1H3,(H,21,23). The number of benzene rings is 2. The van der Waals surface area contributed by atoms with Crippen molar-refractivity contribution < 1.29 is 8.42 Å². The van der Waals surface area contributed by atoms with Gasteiger partial charge in [0.2, 0.25) is 0 Å². The molecule has 4 aromatic rings. The van der Waals surface area contributed by atoms with Crippen molar-refractivity contribution in [2.75, 3.05) is 4.72 Å². The van der Waals surface area contributed by atoms with Crippen molar-refractivity contribution in [3.8, 4) is 11.3 Å². The molecule has 0 aliphatic heterocycles. The van der Waals surface area contributed by atoms with Crippen LogP contribution in [0.15, 0.2) is 77.1 Å². The molecule has 0 amide bonds. The number of thiazole rings is 1. The van der Waals surface area contributed by atoms with Gasteiger partial charge in [0, 0.05) is 17.1 Å². The zero-order valence-corrected chi connectivity index (χ0v) is 16.7. The minimum Gasteiger partial charge on any atom is -0.266 e. The van der Waals surface area contributed by atoms with Crippen LogP contribution in [0.1, 0.15) is 11.3 Å². The van der Waals surface area contributed by atoms with Crippen molar-refractivity contribution >= 4 is 26.5 Å². The topological polar surface area (TPSA) is 76.9 Å². The number of nitrogens with zero attached hydrogens (tertiary/aromatic N) is 3. The Hall–Kier alpha value is -2.97. The molecule has 1 N–H and O–H groups in total. The number of aromatic nitrogens is 3. The average Bonchev–Trinajstić information content (AvgIpc) is 3.29. The fraction of sp³-hybridized carbons (Fsp3) is 0.100. The van der Waals surface area contributed by atoms with Crippen LogP contribution in [-0.2, 0) is 16.6 Å². The molecule has 4 rings (SSSR count). The second-order valence-corrected chi connectivity index (χ2v) is 8.80. The summed E-state index contributed by atoms with van der Waals surface area (Å²) < 4.78 is 30.4. The first kappa shape index (κ1) is 18.4. The number of anilines is 1. The van der Waals surface area contributed by atoms with Gasteiger partial charge in [-0.15, -0.1) is 11.3 Å². The Balaban J connectivity index is 1.75. The Kier molecular flexibility index (Phi) is 4.97. The summed E-state index contributed by atoms with van der Waals surface area (Å²) in [7, 11) is -3.84. The van der Waals surface area contributed by atoms with Crippen molar-refractivity contribution in [2.45, 2.75) is 18.4 Å². The highest BCUT2D eigenvalue weighted by atomic mass is 32.2. The molecule has 0 atom stereocenters. The molecule has 0 aliphatic rings. The van der Waals surface area contributed by atoms with Gasteiger partial charge in [0.05, 0.1) is 12.2 Å². The number of sulfonamides is 1. The lowest BCUT2D eigenvalue weighted by molar-refractivity contribution is 0.601. The lowest BCUT2D eigenvalue weighted by Crippen LogP contribution is -2.13. The maximum absolute atomic E-state index is 13.1. The first-order valence-corrected chi connectivity index (χ1v) is 11.0. The van der Waals surface area contributed by atoms with E-state index in [0.29, 0.717) is 17.4 Å². The largest absolute Gasteiger partial charge is 0.267 e. The molecule has 0 unspecified atom stereocenters. The summed E-state index contributed by atoms with van der Waals surface area (Å²) in [6.45, 7) is 2.30. The van der Waals surface area contributed by atoms with E-state index < -0.39 is 10.0 Å². The van der Waals surface area contributed by atoms with Crippen LogP contribution in [0.3, 0.4) is 0 Å². The van der Waals surface area contributed by atoms with Gasteiger partial charge in [0.15, 0.2) is 5.13 Å². The lowest BCUT2D eigenvalue weighted by atomic mass is 10.2. The molecule has 28 heavy (non-hydrogen) atoms. The number of nitrogens with one attached hydrogen (secondary N) is 1. The van der Waals surface area contributed by atoms with Gasteiger partial charge >= 0.3 is 0 Å². The van der Waals surface area contributed by atoms with Crippen LogP contribution in [0.2, 0.25) is 0 Å². The summed E-state index contributed by atoms with van der Waals surface area (Å²) in [5.74, 6) is 0. The van der Waals surface area contributed by atoms with Crippen LogP contribution in [0, 0.1) is 6.92 Å². The van der Waals surface area contributed by atoms with Crippen molar-refractivity contribution in [3.63, 3.8) is 0 Å². The van der Waals surface area contributed by atoms with Crippen LogP contribution in [0.25, 0.3) is 11.3 Å². The minimum atomic E-state index is -3.84. The Morgan fingerprint density at radius 1 is 1.04 bits per heavy atom. The smallest absolute Gasteiger partial charge is 0.266 e. The van der Waals surface area contributed by atoms with Gasteiger partial charge < -0.3 is 0 Å². The summed E-state index contributed by atoms with van der Waals surface area (Å²) in [6.07, 6.45) is 1.57. The molecule has 2 aromatic heterocycles. The van der Waals surface area contributed by atoms with Gasteiger partial charge in [-0.1, -0.05) is 60.7 Å². The zero-order valence-electron chi connectivity index (χ0n) is 15.1. The third kappa shape index (κ3) is 3.97. The van der Waals surface area contributed by atoms with E-state index in [1.54, 1.807) is 16.3 Å². The summed E-state index contributed by atoms with van der Waals surface area (Å²) in [4.78, 5) is 4.33. The molecule has 2 aromatic carbocycles. The highest BCUT2D eigenvalue weighted by Crippen LogP contribution is 2.28. The zero-order chi connectivity index (χ0) is 19.6. The van der Waals surface area contributed by atoms with Crippen LogP contribution in [0.4, 0.5) is 5.13 Å². The molecule has 0 spiro atoms. The molecular formula is C20H18N4O2S2. The number of hydrogen-bond donors (Lipinski definition) is 1. The fourth-order valence-corrected chi connectivity index (χ4v) is 4.93. The van der Waals surface area contributed by atoms with Crippen LogP contribution < -0.4 is 4.72 Å². The normalized spacial score (nSPS) is 11.5.